The Labute approximate surface area is 121 Å². The molecule has 0 aromatic heterocycles. The highest BCUT2D eigenvalue weighted by Crippen LogP contribution is 2.25. The van der Waals surface area contributed by atoms with Crippen molar-refractivity contribution in [3.63, 3.8) is 0 Å². The van der Waals surface area contributed by atoms with Gasteiger partial charge in [0, 0.05) is 16.6 Å². The highest BCUT2D eigenvalue weighted by atomic mass is 79.9. The molecule has 0 bridgehead atoms. The molecule has 2 rings (SSSR count). The number of nitrogens with one attached hydrogen (secondary N) is 1. The predicted octanol–water partition coefficient (Wildman–Crippen LogP) is 4.43. The first-order chi connectivity index (χ1) is 9.38. The molecule has 2 aromatic carbocycles. The quantitative estimate of drug-likeness (QED) is 0.858. The first-order valence-electron chi connectivity index (χ1n) is 5.60. The average Bonchev–Trinajstić information content (AvgIpc) is 2.32. The van der Waals surface area contributed by atoms with E-state index in [-0.39, 0.29) is 0 Å². The maximum Gasteiger partial charge on any atom is 0.261 e. The molecule has 0 saturated carbocycles. The molecule has 6 heteroatoms. The van der Waals surface area contributed by atoms with Crippen molar-refractivity contribution in [1.82, 2.24) is 0 Å². The summed E-state index contributed by atoms with van der Waals surface area (Å²) >= 11 is 3.22. The molecule has 0 radical (unpaired) electrons. The summed E-state index contributed by atoms with van der Waals surface area (Å²) in [4.78, 5) is 11.9. The maximum atomic E-state index is 13.5. The van der Waals surface area contributed by atoms with Crippen LogP contribution in [0.4, 0.5) is 18.9 Å². The van der Waals surface area contributed by atoms with Crippen molar-refractivity contribution in [3.8, 4) is 0 Å². The summed E-state index contributed by atoms with van der Waals surface area (Å²) < 4.78 is 40.3. The summed E-state index contributed by atoms with van der Waals surface area (Å²) in [5, 5.41) is 2.38. The van der Waals surface area contributed by atoms with Gasteiger partial charge in [0.25, 0.3) is 5.91 Å². The molecule has 1 amide bonds. The van der Waals surface area contributed by atoms with Crippen molar-refractivity contribution >= 4 is 27.5 Å². The SMILES string of the molecule is Cc1ccc(Br)c(NC(=O)c2c(F)cc(F)cc2F)c1. The lowest BCUT2D eigenvalue weighted by Crippen LogP contribution is -2.16. The smallest absolute Gasteiger partial charge is 0.261 e. The normalized spacial score (nSPS) is 10.4. The molecule has 0 aliphatic carbocycles. The first kappa shape index (κ1) is 14.6. The summed E-state index contributed by atoms with van der Waals surface area (Å²) in [5.74, 6) is -4.55. The van der Waals surface area contributed by atoms with Gasteiger partial charge in [0.1, 0.15) is 23.0 Å². The van der Waals surface area contributed by atoms with Gasteiger partial charge in [0.05, 0.1) is 5.69 Å². The Morgan fingerprint density at radius 1 is 1.10 bits per heavy atom. The molecule has 0 aliphatic rings. The number of halogens is 4. The van der Waals surface area contributed by atoms with Gasteiger partial charge >= 0.3 is 0 Å². The minimum atomic E-state index is -1.25. The highest BCUT2D eigenvalue weighted by Gasteiger charge is 2.19. The Morgan fingerprint density at radius 2 is 1.70 bits per heavy atom. The van der Waals surface area contributed by atoms with Crippen LogP contribution in [0.15, 0.2) is 34.8 Å². The molecule has 20 heavy (non-hydrogen) atoms. The Hall–Kier alpha value is -1.82. The van der Waals surface area contributed by atoms with Crippen molar-refractivity contribution in [3.05, 3.63) is 63.4 Å². The fourth-order valence-electron chi connectivity index (χ4n) is 1.68. The molecule has 0 unspecified atom stereocenters. The van der Waals surface area contributed by atoms with E-state index in [1.807, 2.05) is 0 Å². The summed E-state index contributed by atoms with van der Waals surface area (Å²) in [6.07, 6.45) is 0. The zero-order valence-electron chi connectivity index (χ0n) is 10.3. The fraction of sp³-hybridized carbons (Fsp3) is 0.0714. The number of benzene rings is 2. The topological polar surface area (TPSA) is 29.1 Å². The van der Waals surface area contributed by atoms with E-state index in [0.717, 1.165) is 5.56 Å². The zero-order valence-corrected chi connectivity index (χ0v) is 11.9. The molecule has 2 nitrogen and oxygen atoms in total. The number of rotatable bonds is 2. The predicted molar refractivity (Wildman–Crippen MR) is 73.1 cm³/mol. The molecular weight excluding hydrogens is 335 g/mol. The number of carbonyl (C=O) groups is 1. The van der Waals surface area contributed by atoms with Gasteiger partial charge in [-0.25, -0.2) is 13.2 Å². The molecule has 0 fully saturated rings. The molecule has 104 valence electrons. The van der Waals surface area contributed by atoms with Crippen LogP contribution >= 0.6 is 15.9 Å². The summed E-state index contributed by atoms with van der Waals surface area (Å²) in [6.45, 7) is 1.81. The van der Waals surface area contributed by atoms with Crippen molar-refractivity contribution in [2.45, 2.75) is 6.92 Å². The fourth-order valence-corrected chi connectivity index (χ4v) is 2.02. The van der Waals surface area contributed by atoms with Gasteiger partial charge in [-0.3, -0.25) is 4.79 Å². The van der Waals surface area contributed by atoms with Crippen molar-refractivity contribution in [1.29, 1.82) is 0 Å². The lowest BCUT2D eigenvalue weighted by Gasteiger charge is -2.09. The molecule has 0 aliphatic heterocycles. The molecular formula is C14H9BrF3NO. The second-order valence-electron chi connectivity index (χ2n) is 4.18. The van der Waals surface area contributed by atoms with Gasteiger partial charge in [-0.15, -0.1) is 0 Å². The number of anilines is 1. The van der Waals surface area contributed by atoms with Crippen LogP contribution < -0.4 is 5.32 Å². The second-order valence-corrected chi connectivity index (χ2v) is 5.04. The average molecular weight is 344 g/mol. The van der Waals surface area contributed by atoms with E-state index in [1.54, 1.807) is 25.1 Å². The van der Waals surface area contributed by atoms with Gasteiger partial charge in [0.2, 0.25) is 0 Å². The number of hydrogen-bond donors (Lipinski definition) is 1. The molecule has 1 N–H and O–H groups in total. The van der Waals surface area contributed by atoms with Crippen LogP contribution in [-0.4, -0.2) is 5.91 Å². The van der Waals surface area contributed by atoms with Crippen molar-refractivity contribution < 1.29 is 18.0 Å². The number of hydrogen-bond acceptors (Lipinski definition) is 1. The van der Waals surface area contributed by atoms with Crippen LogP contribution in [0, 0.1) is 24.4 Å². The number of aryl methyl sites for hydroxylation is 1. The maximum absolute atomic E-state index is 13.5. The largest absolute Gasteiger partial charge is 0.321 e. The summed E-state index contributed by atoms with van der Waals surface area (Å²) in [7, 11) is 0. The monoisotopic (exact) mass is 343 g/mol. The van der Waals surface area contributed by atoms with Gasteiger partial charge in [0.15, 0.2) is 0 Å². The Kier molecular flexibility index (Phi) is 4.13. The van der Waals surface area contributed by atoms with Crippen LogP contribution in [0.5, 0.6) is 0 Å². The Bertz CT molecular complexity index is 665. The Morgan fingerprint density at radius 3 is 2.30 bits per heavy atom. The third-order valence-corrected chi connectivity index (χ3v) is 3.30. The number of amides is 1. The van der Waals surface area contributed by atoms with Crippen LogP contribution in [0.3, 0.4) is 0 Å². The number of carbonyl (C=O) groups excluding carboxylic acids is 1. The van der Waals surface area contributed by atoms with E-state index in [4.69, 9.17) is 0 Å². The van der Waals surface area contributed by atoms with Crippen molar-refractivity contribution in [2.24, 2.45) is 0 Å². The summed E-state index contributed by atoms with van der Waals surface area (Å²) in [5.41, 5.74) is 0.418. The lowest BCUT2D eigenvalue weighted by atomic mass is 10.1. The van der Waals surface area contributed by atoms with Gasteiger partial charge in [-0.05, 0) is 40.5 Å². The molecule has 0 spiro atoms. The first-order valence-corrected chi connectivity index (χ1v) is 6.40. The van der Waals surface area contributed by atoms with Crippen LogP contribution in [0.1, 0.15) is 15.9 Å². The van der Waals surface area contributed by atoms with Crippen LogP contribution in [-0.2, 0) is 0 Å². The molecule has 0 heterocycles. The van der Waals surface area contributed by atoms with E-state index >= 15 is 0 Å². The van der Waals surface area contributed by atoms with Gasteiger partial charge in [-0.1, -0.05) is 6.07 Å². The van der Waals surface area contributed by atoms with E-state index in [0.29, 0.717) is 22.3 Å². The molecule has 2 aromatic rings. The van der Waals surface area contributed by atoms with Gasteiger partial charge in [-0.2, -0.15) is 0 Å². The minimum Gasteiger partial charge on any atom is -0.321 e. The third-order valence-electron chi connectivity index (χ3n) is 2.60. The Balaban J connectivity index is 2.36. The van der Waals surface area contributed by atoms with Crippen molar-refractivity contribution in [2.75, 3.05) is 5.32 Å². The second kappa shape index (κ2) is 5.66. The third kappa shape index (κ3) is 3.01. The standard InChI is InChI=1S/C14H9BrF3NO/c1-7-2-3-9(15)12(4-7)19-14(20)13-10(17)5-8(16)6-11(13)18/h2-6H,1H3,(H,19,20). The van der Waals surface area contributed by atoms with E-state index in [9.17, 15) is 18.0 Å². The van der Waals surface area contributed by atoms with E-state index in [2.05, 4.69) is 21.2 Å². The lowest BCUT2D eigenvalue weighted by molar-refractivity contribution is 0.101. The van der Waals surface area contributed by atoms with Crippen LogP contribution in [0.25, 0.3) is 0 Å². The van der Waals surface area contributed by atoms with Crippen LogP contribution in [0.2, 0.25) is 0 Å². The van der Waals surface area contributed by atoms with Gasteiger partial charge < -0.3 is 5.32 Å². The minimum absolute atomic E-state index is 0.373. The van der Waals surface area contributed by atoms with E-state index < -0.39 is 28.9 Å². The van der Waals surface area contributed by atoms with E-state index in [1.165, 1.54) is 0 Å². The summed E-state index contributed by atoms with van der Waals surface area (Å²) in [6, 6.07) is 6.06. The molecule has 0 saturated heterocycles. The zero-order chi connectivity index (χ0) is 14.9. The highest BCUT2D eigenvalue weighted by molar-refractivity contribution is 9.10. The molecule has 0 atom stereocenters.